The first kappa shape index (κ1) is 26.7. The Labute approximate surface area is 210 Å². The van der Waals surface area contributed by atoms with Crippen LogP contribution in [0.3, 0.4) is 0 Å². The van der Waals surface area contributed by atoms with E-state index < -0.39 is 17.3 Å². The minimum absolute atomic E-state index is 0.0402. The van der Waals surface area contributed by atoms with Gasteiger partial charge >= 0.3 is 6.18 Å². The number of likely N-dealkylation sites (tertiary alicyclic amines) is 1. The van der Waals surface area contributed by atoms with Crippen LogP contribution in [0.5, 0.6) is 0 Å². The lowest BCUT2D eigenvalue weighted by Gasteiger charge is -2.44. The highest BCUT2D eigenvalue weighted by molar-refractivity contribution is 5.87. The van der Waals surface area contributed by atoms with Gasteiger partial charge in [-0.25, -0.2) is 4.39 Å². The van der Waals surface area contributed by atoms with Crippen molar-refractivity contribution < 1.29 is 27.1 Å². The van der Waals surface area contributed by atoms with Crippen LogP contribution in [0, 0.1) is 5.82 Å². The predicted octanol–water partition coefficient (Wildman–Crippen LogP) is 6.34. The molecule has 2 aliphatic rings. The summed E-state index contributed by atoms with van der Waals surface area (Å²) in [6, 6.07) is 8.19. The van der Waals surface area contributed by atoms with Crippen molar-refractivity contribution in [2.24, 2.45) is 0 Å². The fourth-order valence-corrected chi connectivity index (χ4v) is 5.59. The number of pyridine rings is 1. The molecule has 0 aliphatic carbocycles. The summed E-state index contributed by atoms with van der Waals surface area (Å²) in [5.41, 5.74) is 0.110. The van der Waals surface area contributed by atoms with E-state index in [9.17, 15) is 22.4 Å². The SMILES string of the molecule is CCC1(C(=O)CCCc2cncc(C(F)(F)F)c2)CCC(N2CCC(c3ccc(F)cc3)CC2)CO1. The first-order valence-electron chi connectivity index (χ1n) is 12.9. The normalized spacial score (nSPS) is 24.1. The third kappa shape index (κ3) is 6.32. The van der Waals surface area contributed by atoms with Crippen LogP contribution in [-0.4, -0.2) is 47.0 Å². The van der Waals surface area contributed by atoms with E-state index in [0.29, 0.717) is 43.8 Å². The molecule has 4 nitrogen and oxygen atoms in total. The van der Waals surface area contributed by atoms with Gasteiger partial charge in [-0.1, -0.05) is 19.1 Å². The number of rotatable bonds is 8. The molecule has 196 valence electrons. The molecule has 2 unspecified atom stereocenters. The van der Waals surface area contributed by atoms with Crippen LogP contribution >= 0.6 is 0 Å². The van der Waals surface area contributed by atoms with Crippen molar-refractivity contribution in [2.45, 2.75) is 82.0 Å². The molecule has 0 N–H and O–H groups in total. The Morgan fingerprint density at radius 3 is 2.47 bits per heavy atom. The predicted molar refractivity (Wildman–Crippen MR) is 129 cm³/mol. The Morgan fingerprint density at radius 2 is 1.86 bits per heavy atom. The van der Waals surface area contributed by atoms with E-state index >= 15 is 0 Å². The van der Waals surface area contributed by atoms with Crippen LogP contribution < -0.4 is 0 Å². The Kier molecular flexibility index (Phi) is 8.45. The summed E-state index contributed by atoms with van der Waals surface area (Å²) in [6.45, 7) is 4.38. The number of alkyl halides is 3. The molecule has 2 atom stereocenters. The van der Waals surface area contributed by atoms with Crippen LogP contribution in [-0.2, 0) is 22.1 Å². The van der Waals surface area contributed by atoms with E-state index in [4.69, 9.17) is 4.74 Å². The number of halogens is 4. The highest BCUT2D eigenvalue weighted by Crippen LogP contribution is 2.36. The van der Waals surface area contributed by atoms with E-state index in [1.807, 2.05) is 19.1 Å². The minimum atomic E-state index is -4.42. The van der Waals surface area contributed by atoms with Crippen molar-refractivity contribution in [2.75, 3.05) is 19.7 Å². The number of aryl methyl sites for hydroxylation is 1. The lowest BCUT2D eigenvalue weighted by molar-refractivity contribution is -0.159. The molecule has 0 saturated carbocycles. The Bertz CT molecular complexity index is 1010. The van der Waals surface area contributed by atoms with Gasteiger partial charge in [0.25, 0.3) is 0 Å². The molecule has 2 saturated heterocycles. The van der Waals surface area contributed by atoms with E-state index in [-0.39, 0.29) is 24.1 Å². The van der Waals surface area contributed by atoms with Gasteiger partial charge in [-0.3, -0.25) is 14.7 Å². The van der Waals surface area contributed by atoms with Crippen molar-refractivity contribution in [1.29, 1.82) is 0 Å². The molecule has 1 aromatic carbocycles. The number of ether oxygens (including phenoxy) is 1. The molecule has 0 radical (unpaired) electrons. The van der Waals surface area contributed by atoms with E-state index in [0.717, 1.165) is 44.6 Å². The second kappa shape index (κ2) is 11.4. The van der Waals surface area contributed by atoms with Gasteiger partial charge in [0, 0.05) is 24.9 Å². The second-order valence-electron chi connectivity index (χ2n) is 10.1. The number of carbonyl (C=O) groups is 1. The number of carbonyl (C=O) groups excluding carboxylic acids is 1. The zero-order valence-electron chi connectivity index (χ0n) is 20.7. The average molecular weight is 507 g/mol. The summed E-state index contributed by atoms with van der Waals surface area (Å²) >= 11 is 0. The third-order valence-corrected chi connectivity index (χ3v) is 7.89. The summed E-state index contributed by atoms with van der Waals surface area (Å²) in [5, 5.41) is 0. The molecule has 3 heterocycles. The summed E-state index contributed by atoms with van der Waals surface area (Å²) in [6.07, 6.45) is 3.11. The van der Waals surface area contributed by atoms with Gasteiger partial charge in [-0.05, 0) is 93.3 Å². The quantitative estimate of drug-likeness (QED) is 0.392. The molecule has 2 fully saturated rings. The molecule has 0 spiro atoms. The van der Waals surface area contributed by atoms with Crippen LogP contribution in [0.2, 0.25) is 0 Å². The molecule has 2 aromatic rings. The Morgan fingerprint density at radius 1 is 1.14 bits per heavy atom. The highest BCUT2D eigenvalue weighted by Gasteiger charge is 2.42. The molecule has 1 aromatic heterocycles. The van der Waals surface area contributed by atoms with Crippen LogP contribution in [0.4, 0.5) is 17.6 Å². The zero-order valence-corrected chi connectivity index (χ0v) is 20.7. The van der Waals surface area contributed by atoms with E-state index in [1.165, 1.54) is 23.9 Å². The number of hydrogen-bond acceptors (Lipinski definition) is 4. The molecule has 8 heteroatoms. The third-order valence-electron chi connectivity index (χ3n) is 7.89. The number of benzene rings is 1. The standard InChI is InChI=1S/C28H34F4N2O2/c1-2-27(26(35)5-3-4-20-16-23(18-33-17-20)28(30,31)32)13-10-25(19-36-27)34-14-11-22(12-15-34)21-6-8-24(29)9-7-21/h6-9,16-18,22,25H,2-5,10-15,19H2,1H3. The minimum Gasteiger partial charge on any atom is -0.366 e. The number of aromatic nitrogens is 1. The fraction of sp³-hybridized carbons (Fsp3) is 0.571. The van der Waals surface area contributed by atoms with Crippen molar-refractivity contribution >= 4 is 5.78 Å². The molecule has 4 rings (SSSR count). The number of hydrogen-bond donors (Lipinski definition) is 0. The lowest BCUT2D eigenvalue weighted by atomic mass is 9.82. The first-order valence-corrected chi connectivity index (χ1v) is 12.9. The van der Waals surface area contributed by atoms with Gasteiger partial charge in [0.1, 0.15) is 11.4 Å². The monoisotopic (exact) mass is 506 g/mol. The van der Waals surface area contributed by atoms with Crippen molar-refractivity contribution in [3.63, 3.8) is 0 Å². The molecule has 0 bridgehead atoms. The summed E-state index contributed by atoms with van der Waals surface area (Å²) in [5.74, 6) is 0.269. The zero-order chi connectivity index (χ0) is 25.8. The Balaban J connectivity index is 1.24. The van der Waals surface area contributed by atoms with Gasteiger partial charge in [-0.2, -0.15) is 13.2 Å². The largest absolute Gasteiger partial charge is 0.417 e. The number of piperidine rings is 1. The average Bonchev–Trinajstić information content (AvgIpc) is 2.89. The Hall–Kier alpha value is -2.32. The number of nitrogens with zero attached hydrogens (tertiary/aromatic N) is 2. The topological polar surface area (TPSA) is 42.4 Å². The second-order valence-corrected chi connectivity index (χ2v) is 10.1. The van der Waals surface area contributed by atoms with Gasteiger partial charge in [0.05, 0.1) is 12.2 Å². The molecule has 36 heavy (non-hydrogen) atoms. The smallest absolute Gasteiger partial charge is 0.366 e. The summed E-state index contributed by atoms with van der Waals surface area (Å²) in [4.78, 5) is 19.3. The summed E-state index contributed by atoms with van der Waals surface area (Å²) in [7, 11) is 0. The maximum Gasteiger partial charge on any atom is 0.417 e. The van der Waals surface area contributed by atoms with Gasteiger partial charge in [0.2, 0.25) is 0 Å². The first-order chi connectivity index (χ1) is 17.2. The van der Waals surface area contributed by atoms with Crippen molar-refractivity contribution in [3.8, 4) is 0 Å². The summed E-state index contributed by atoms with van der Waals surface area (Å²) < 4.78 is 58.2. The molecular formula is C28H34F4N2O2. The molecule has 2 aliphatic heterocycles. The highest BCUT2D eigenvalue weighted by atomic mass is 19.4. The fourth-order valence-electron chi connectivity index (χ4n) is 5.59. The van der Waals surface area contributed by atoms with Gasteiger partial charge in [-0.15, -0.1) is 0 Å². The number of Topliss-reactive ketones (excluding diaryl/α,β-unsaturated/α-hetero) is 1. The number of ketones is 1. The lowest BCUT2D eigenvalue weighted by Crippen LogP contribution is -2.53. The maximum absolute atomic E-state index is 13.2. The molecule has 0 amide bonds. The van der Waals surface area contributed by atoms with Crippen LogP contribution in [0.15, 0.2) is 42.7 Å². The maximum atomic E-state index is 13.2. The molecular weight excluding hydrogens is 472 g/mol. The van der Waals surface area contributed by atoms with Crippen molar-refractivity contribution in [3.05, 3.63) is 65.2 Å². The van der Waals surface area contributed by atoms with Crippen molar-refractivity contribution in [1.82, 2.24) is 9.88 Å². The van der Waals surface area contributed by atoms with Gasteiger partial charge in [0.15, 0.2) is 5.78 Å². The van der Waals surface area contributed by atoms with E-state index in [2.05, 4.69) is 9.88 Å². The van der Waals surface area contributed by atoms with Crippen LogP contribution in [0.25, 0.3) is 0 Å². The van der Waals surface area contributed by atoms with Gasteiger partial charge < -0.3 is 4.74 Å². The van der Waals surface area contributed by atoms with Crippen LogP contribution in [0.1, 0.15) is 74.5 Å². The van der Waals surface area contributed by atoms with E-state index in [1.54, 1.807) is 0 Å².